The molecular weight excluding hydrogens is 258 g/mol. The summed E-state index contributed by atoms with van der Waals surface area (Å²) in [5.41, 5.74) is 7.55. The van der Waals surface area contributed by atoms with Gasteiger partial charge in [0.2, 0.25) is 0 Å². The first-order valence-electron chi connectivity index (χ1n) is 8.50. The molecule has 3 unspecified atom stereocenters. The van der Waals surface area contributed by atoms with E-state index in [4.69, 9.17) is 5.73 Å². The topological polar surface area (TPSA) is 32.5 Å². The Kier molecular flexibility index (Phi) is 4.94. The van der Waals surface area contributed by atoms with Crippen LogP contribution < -0.4 is 5.73 Å². The molecule has 0 bridgehead atoms. The largest absolute Gasteiger partial charge is 0.328 e. The maximum Gasteiger partial charge on any atom is 0.0234 e. The van der Waals surface area contributed by atoms with Crippen molar-refractivity contribution in [3.63, 3.8) is 0 Å². The van der Waals surface area contributed by atoms with Gasteiger partial charge in [-0.2, -0.15) is 0 Å². The Hall–Kier alpha value is -0.900. The average Bonchev–Trinajstić information content (AvgIpc) is 2.48. The standard InChI is InChI=1S/C18H29N3/c1-15-12-17(19)9-11-21(15)18-8-5-10-20(14-18)13-16-6-3-2-4-7-16/h2-4,6-7,15,17-18H,5,8-14,19H2,1H3. The third-order valence-electron chi connectivity index (χ3n) is 5.17. The summed E-state index contributed by atoms with van der Waals surface area (Å²) in [5, 5.41) is 0. The maximum atomic E-state index is 6.11. The minimum atomic E-state index is 0.417. The molecule has 3 rings (SSSR count). The smallest absolute Gasteiger partial charge is 0.0234 e. The van der Waals surface area contributed by atoms with Gasteiger partial charge in [0.15, 0.2) is 0 Å². The molecule has 1 aromatic carbocycles. The highest BCUT2D eigenvalue weighted by Crippen LogP contribution is 2.24. The summed E-state index contributed by atoms with van der Waals surface area (Å²) in [6.07, 6.45) is 5.01. The molecule has 1 aromatic rings. The van der Waals surface area contributed by atoms with Gasteiger partial charge in [-0.15, -0.1) is 0 Å². The molecule has 2 N–H and O–H groups in total. The number of benzene rings is 1. The fraction of sp³-hybridized carbons (Fsp3) is 0.667. The number of piperidine rings is 2. The molecule has 3 heteroatoms. The zero-order valence-electron chi connectivity index (χ0n) is 13.2. The van der Waals surface area contributed by atoms with Crippen LogP contribution in [0.2, 0.25) is 0 Å². The molecule has 0 aromatic heterocycles. The molecule has 0 radical (unpaired) electrons. The van der Waals surface area contributed by atoms with Gasteiger partial charge in [0.1, 0.15) is 0 Å². The Morgan fingerprint density at radius 1 is 1.14 bits per heavy atom. The van der Waals surface area contributed by atoms with E-state index in [1.807, 2.05) is 0 Å². The first-order valence-corrected chi connectivity index (χ1v) is 8.50. The predicted molar refractivity (Wildman–Crippen MR) is 88.1 cm³/mol. The van der Waals surface area contributed by atoms with Crippen molar-refractivity contribution in [2.75, 3.05) is 19.6 Å². The Bertz CT molecular complexity index is 433. The molecule has 2 saturated heterocycles. The average molecular weight is 287 g/mol. The fourth-order valence-corrected chi connectivity index (χ4v) is 4.06. The van der Waals surface area contributed by atoms with Crippen molar-refractivity contribution in [3.8, 4) is 0 Å². The molecule has 3 atom stereocenters. The van der Waals surface area contributed by atoms with Crippen LogP contribution in [-0.4, -0.2) is 47.6 Å². The van der Waals surface area contributed by atoms with Gasteiger partial charge in [-0.3, -0.25) is 9.80 Å². The van der Waals surface area contributed by atoms with E-state index in [1.165, 1.54) is 44.5 Å². The third kappa shape index (κ3) is 3.85. The summed E-state index contributed by atoms with van der Waals surface area (Å²) >= 11 is 0. The van der Waals surface area contributed by atoms with Crippen molar-refractivity contribution in [1.29, 1.82) is 0 Å². The van der Waals surface area contributed by atoms with Crippen LogP contribution in [0.25, 0.3) is 0 Å². The number of hydrogen-bond donors (Lipinski definition) is 1. The lowest BCUT2D eigenvalue weighted by Gasteiger charge is -2.45. The van der Waals surface area contributed by atoms with Crippen molar-refractivity contribution in [3.05, 3.63) is 35.9 Å². The second-order valence-corrected chi connectivity index (χ2v) is 6.89. The highest BCUT2D eigenvalue weighted by atomic mass is 15.3. The van der Waals surface area contributed by atoms with Gasteiger partial charge in [-0.1, -0.05) is 30.3 Å². The van der Waals surface area contributed by atoms with Crippen molar-refractivity contribution in [2.24, 2.45) is 5.73 Å². The molecule has 0 saturated carbocycles. The number of hydrogen-bond acceptors (Lipinski definition) is 3. The Morgan fingerprint density at radius 2 is 1.95 bits per heavy atom. The van der Waals surface area contributed by atoms with Crippen LogP contribution >= 0.6 is 0 Å². The normalized spacial score (nSPS) is 32.2. The molecule has 3 nitrogen and oxygen atoms in total. The Morgan fingerprint density at radius 3 is 2.71 bits per heavy atom. The van der Waals surface area contributed by atoms with Crippen molar-refractivity contribution in [1.82, 2.24) is 9.80 Å². The lowest BCUT2D eigenvalue weighted by atomic mass is 9.94. The van der Waals surface area contributed by atoms with Gasteiger partial charge in [0.25, 0.3) is 0 Å². The Labute approximate surface area is 129 Å². The van der Waals surface area contributed by atoms with Crippen molar-refractivity contribution >= 4 is 0 Å². The van der Waals surface area contributed by atoms with Crippen LogP contribution in [-0.2, 0) is 6.54 Å². The van der Waals surface area contributed by atoms with Crippen LogP contribution in [0.3, 0.4) is 0 Å². The molecule has 116 valence electrons. The maximum absolute atomic E-state index is 6.11. The highest BCUT2D eigenvalue weighted by molar-refractivity contribution is 5.14. The minimum Gasteiger partial charge on any atom is -0.328 e. The molecule has 0 spiro atoms. The van der Waals surface area contributed by atoms with Gasteiger partial charge in [0, 0.05) is 37.8 Å². The van der Waals surface area contributed by atoms with E-state index in [-0.39, 0.29) is 0 Å². The molecule has 2 aliphatic heterocycles. The van der Waals surface area contributed by atoms with Crippen molar-refractivity contribution < 1.29 is 0 Å². The van der Waals surface area contributed by atoms with E-state index >= 15 is 0 Å². The van der Waals surface area contributed by atoms with Crippen LogP contribution in [0.1, 0.15) is 38.2 Å². The molecule has 2 heterocycles. The first kappa shape index (κ1) is 15.0. The van der Waals surface area contributed by atoms with E-state index in [0.717, 1.165) is 19.0 Å². The summed E-state index contributed by atoms with van der Waals surface area (Å²) in [6, 6.07) is 12.7. The van der Waals surface area contributed by atoms with E-state index in [2.05, 4.69) is 47.1 Å². The fourth-order valence-electron chi connectivity index (χ4n) is 4.06. The summed E-state index contributed by atoms with van der Waals surface area (Å²) in [5.74, 6) is 0. The zero-order valence-corrected chi connectivity index (χ0v) is 13.2. The van der Waals surface area contributed by atoms with Gasteiger partial charge in [-0.05, 0) is 44.7 Å². The van der Waals surface area contributed by atoms with Crippen LogP contribution in [0, 0.1) is 0 Å². The Balaban J connectivity index is 1.58. The van der Waals surface area contributed by atoms with Crippen molar-refractivity contribution in [2.45, 2.75) is 57.3 Å². The van der Waals surface area contributed by atoms with Crippen LogP contribution in [0.4, 0.5) is 0 Å². The summed E-state index contributed by atoms with van der Waals surface area (Å²) in [4.78, 5) is 5.35. The van der Waals surface area contributed by atoms with Crippen LogP contribution in [0.5, 0.6) is 0 Å². The van der Waals surface area contributed by atoms with Crippen LogP contribution in [0.15, 0.2) is 30.3 Å². The van der Waals surface area contributed by atoms with E-state index in [9.17, 15) is 0 Å². The van der Waals surface area contributed by atoms with E-state index < -0.39 is 0 Å². The lowest BCUT2D eigenvalue weighted by molar-refractivity contribution is 0.0420. The second-order valence-electron chi connectivity index (χ2n) is 6.89. The summed E-state index contributed by atoms with van der Waals surface area (Å²) in [7, 11) is 0. The van der Waals surface area contributed by atoms with Gasteiger partial charge >= 0.3 is 0 Å². The highest BCUT2D eigenvalue weighted by Gasteiger charge is 2.31. The zero-order chi connectivity index (χ0) is 14.7. The number of likely N-dealkylation sites (tertiary alicyclic amines) is 2. The van der Waals surface area contributed by atoms with Gasteiger partial charge in [0.05, 0.1) is 0 Å². The number of rotatable bonds is 3. The van der Waals surface area contributed by atoms with Gasteiger partial charge in [-0.25, -0.2) is 0 Å². The summed E-state index contributed by atoms with van der Waals surface area (Å²) in [6.45, 7) is 7.10. The second kappa shape index (κ2) is 6.91. The number of nitrogens with zero attached hydrogens (tertiary/aromatic N) is 2. The molecule has 21 heavy (non-hydrogen) atoms. The SMILES string of the molecule is CC1CC(N)CCN1C1CCCN(Cc2ccccc2)C1. The minimum absolute atomic E-state index is 0.417. The number of nitrogens with two attached hydrogens (primary N) is 1. The lowest BCUT2D eigenvalue weighted by Crippen LogP contribution is -2.55. The van der Waals surface area contributed by atoms with E-state index in [0.29, 0.717) is 12.1 Å². The molecule has 0 aliphatic carbocycles. The quantitative estimate of drug-likeness (QED) is 0.927. The predicted octanol–water partition coefficient (Wildman–Crippen LogP) is 2.46. The third-order valence-corrected chi connectivity index (χ3v) is 5.17. The first-order chi connectivity index (χ1) is 10.2. The summed E-state index contributed by atoms with van der Waals surface area (Å²) < 4.78 is 0. The molecular formula is C18H29N3. The van der Waals surface area contributed by atoms with E-state index in [1.54, 1.807) is 0 Å². The monoisotopic (exact) mass is 287 g/mol. The molecule has 2 aliphatic rings. The molecule has 2 fully saturated rings. The van der Waals surface area contributed by atoms with Gasteiger partial charge < -0.3 is 5.73 Å². The molecule has 0 amide bonds.